The van der Waals surface area contributed by atoms with Crippen LogP contribution in [0.3, 0.4) is 0 Å². The standard InChI is InChI=1S/C7H20Si2.K.H/c1-2-3-4-5-6-7-9-8;;/h2-7,9H2,1,8H3;;. The first-order valence-corrected chi connectivity index (χ1v) is 11.1. The fourth-order valence-corrected chi connectivity index (χ4v) is 3.38. The number of unbranched alkanes of at least 4 members (excludes halogenated alkanes) is 4. The monoisotopic (exact) mass is 200 g/mol. The second kappa shape index (κ2) is 13.6. The third kappa shape index (κ3) is 12.7. The summed E-state index contributed by atoms with van der Waals surface area (Å²) in [6.45, 7) is 2.28. The first kappa shape index (κ1) is 14.6. The molecule has 0 saturated heterocycles. The van der Waals surface area contributed by atoms with Gasteiger partial charge in [0.2, 0.25) is 0 Å². The van der Waals surface area contributed by atoms with E-state index in [1.807, 2.05) is 0 Å². The minimum atomic E-state index is 0. The average molecular weight is 201 g/mol. The van der Waals surface area contributed by atoms with E-state index in [2.05, 4.69) is 6.92 Å². The van der Waals surface area contributed by atoms with Gasteiger partial charge in [-0.2, -0.15) is 0 Å². The van der Waals surface area contributed by atoms with Crippen molar-refractivity contribution in [2.24, 2.45) is 0 Å². The van der Waals surface area contributed by atoms with Crippen molar-refractivity contribution >= 4 is 70.2 Å². The van der Waals surface area contributed by atoms with Crippen LogP contribution in [0.2, 0.25) is 6.04 Å². The molecule has 0 aromatic carbocycles. The Kier molecular flexibility index (Phi) is 19.9. The van der Waals surface area contributed by atoms with Gasteiger partial charge in [-0.05, 0) is 9.76 Å². The summed E-state index contributed by atoms with van der Waals surface area (Å²) in [6.07, 6.45) is 7.41. The summed E-state index contributed by atoms with van der Waals surface area (Å²) in [5.41, 5.74) is 0. The third-order valence-electron chi connectivity index (χ3n) is 1.71. The summed E-state index contributed by atoms with van der Waals surface area (Å²) in [4.78, 5) is 0. The SMILES string of the molecule is CCCCCCC[SiH2][SiH3].[KH]. The Morgan fingerprint density at radius 2 is 1.70 bits per heavy atom. The molecular formula is C7H21KSi2. The molecule has 0 N–H and O–H groups in total. The van der Waals surface area contributed by atoms with Gasteiger partial charge >= 0.3 is 51.4 Å². The van der Waals surface area contributed by atoms with Crippen molar-refractivity contribution in [1.29, 1.82) is 0 Å². The van der Waals surface area contributed by atoms with E-state index in [1.165, 1.54) is 25.7 Å². The van der Waals surface area contributed by atoms with E-state index in [1.54, 1.807) is 22.2 Å². The Morgan fingerprint density at radius 3 is 2.20 bits per heavy atom. The van der Waals surface area contributed by atoms with Gasteiger partial charge < -0.3 is 0 Å². The zero-order chi connectivity index (χ0) is 6.95. The van der Waals surface area contributed by atoms with Crippen molar-refractivity contribution in [3.05, 3.63) is 0 Å². The Morgan fingerprint density at radius 1 is 1.10 bits per heavy atom. The van der Waals surface area contributed by atoms with Crippen LogP contribution in [-0.2, 0) is 0 Å². The fourth-order valence-electron chi connectivity index (χ4n) is 1.03. The normalized spacial score (nSPS) is 10.5. The summed E-state index contributed by atoms with van der Waals surface area (Å²) in [5, 5.41) is 0. The quantitative estimate of drug-likeness (QED) is 0.424. The van der Waals surface area contributed by atoms with E-state index in [-0.39, 0.29) is 51.4 Å². The zero-order valence-electron chi connectivity index (χ0n) is 6.95. The molecule has 0 aliphatic rings. The Balaban J connectivity index is 0. The molecule has 0 aromatic rings. The fraction of sp³-hybridized carbons (Fsp3) is 1.00. The maximum atomic E-state index is 2.28. The Bertz CT molecular complexity index is 44.9. The number of hydrogen-bond donors (Lipinski definition) is 0. The Hall–Kier alpha value is 2.07. The van der Waals surface area contributed by atoms with Crippen molar-refractivity contribution in [1.82, 2.24) is 0 Å². The summed E-state index contributed by atoms with van der Waals surface area (Å²) < 4.78 is 0. The van der Waals surface area contributed by atoms with Crippen LogP contribution in [0.4, 0.5) is 0 Å². The number of rotatable bonds is 6. The minimum absolute atomic E-state index is 0. The van der Waals surface area contributed by atoms with Crippen LogP contribution in [0.1, 0.15) is 39.0 Å². The van der Waals surface area contributed by atoms with Crippen LogP contribution in [0.25, 0.3) is 0 Å². The molecule has 0 aliphatic heterocycles. The van der Waals surface area contributed by atoms with Crippen molar-refractivity contribution in [3.63, 3.8) is 0 Å². The first-order valence-electron chi connectivity index (χ1n) is 4.41. The first-order chi connectivity index (χ1) is 4.41. The van der Waals surface area contributed by atoms with Gasteiger partial charge in [-0.1, -0.05) is 45.1 Å². The van der Waals surface area contributed by atoms with E-state index in [9.17, 15) is 0 Å². The van der Waals surface area contributed by atoms with E-state index >= 15 is 0 Å². The molecule has 0 saturated carbocycles. The second-order valence-corrected chi connectivity index (χ2v) is 7.47. The molecule has 0 atom stereocenters. The van der Waals surface area contributed by atoms with Gasteiger partial charge in [-0.25, -0.2) is 0 Å². The van der Waals surface area contributed by atoms with Gasteiger partial charge in [0.15, 0.2) is 0 Å². The summed E-state index contributed by atoms with van der Waals surface area (Å²) in [7, 11) is 2.07. The average Bonchev–Trinajstić information content (AvgIpc) is 1.89. The molecule has 0 bridgehead atoms. The molecule has 0 spiro atoms. The molecule has 58 valence electrons. The molecule has 3 heteroatoms. The topological polar surface area (TPSA) is 0 Å². The second-order valence-electron chi connectivity index (χ2n) is 2.77. The van der Waals surface area contributed by atoms with Crippen LogP contribution >= 0.6 is 0 Å². The summed E-state index contributed by atoms with van der Waals surface area (Å²) >= 11 is 0. The van der Waals surface area contributed by atoms with Crippen molar-refractivity contribution in [2.75, 3.05) is 0 Å². The van der Waals surface area contributed by atoms with Crippen LogP contribution in [0.5, 0.6) is 0 Å². The van der Waals surface area contributed by atoms with Crippen molar-refractivity contribution < 1.29 is 0 Å². The summed E-state index contributed by atoms with van der Waals surface area (Å²) in [5.74, 6) is 0. The predicted octanol–water partition coefficient (Wildman–Crippen LogP) is 0.176. The van der Waals surface area contributed by atoms with Gasteiger partial charge in [0.25, 0.3) is 0 Å². The van der Waals surface area contributed by atoms with E-state index < -0.39 is 0 Å². The Labute approximate surface area is 113 Å². The molecule has 0 aliphatic carbocycles. The summed E-state index contributed by atoms with van der Waals surface area (Å²) in [6, 6.07) is 1.63. The number of hydrogen-bond acceptors (Lipinski definition) is 0. The van der Waals surface area contributed by atoms with Gasteiger partial charge in [0.1, 0.15) is 0 Å². The molecule has 0 amide bonds. The zero-order valence-corrected chi connectivity index (χ0v) is 10.4. The molecule has 0 nitrogen and oxygen atoms in total. The van der Waals surface area contributed by atoms with Gasteiger partial charge in [-0.3, -0.25) is 0 Å². The maximum absolute atomic E-state index is 2.28. The molecule has 0 heterocycles. The molecule has 10 heavy (non-hydrogen) atoms. The van der Waals surface area contributed by atoms with E-state index in [4.69, 9.17) is 0 Å². The van der Waals surface area contributed by atoms with Gasteiger partial charge in [-0.15, -0.1) is 0 Å². The van der Waals surface area contributed by atoms with Gasteiger partial charge in [0, 0.05) is 9.04 Å². The van der Waals surface area contributed by atoms with E-state index in [0.29, 0.717) is 9.04 Å². The van der Waals surface area contributed by atoms with Crippen LogP contribution < -0.4 is 0 Å². The van der Waals surface area contributed by atoms with Crippen LogP contribution in [0, 0.1) is 0 Å². The predicted molar refractivity (Wildman–Crippen MR) is 59.2 cm³/mol. The molecule has 0 unspecified atom stereocenters. The van der Waals surface area contributed by atoms with E-state index in [0.717, 1.165) is 0 Å². The van der Waals surface area contributed by atoms with Crippen molar-refractivity contribution in [3.8, 4) is 0 Å². The molecular weight excluding hydrogens is 179 g/mol. The third-order valence-corrected chi connectivity index (χ3v) is 5.04. The molecule has 0 rings (SSSR count). The van der Waals surface area contributed by atoms with Crippen LogP contribution in [0.15, 0.2) is 0 Å². The molecule has 0 radical (unpaired) electrons. The molecule has 0 aromatic heterocycles. The van der Waals surface area contributed by atoms with Gasteiger partial charge in [0.05, 0.1) is 0 Å². The van der Waals surface area contributed by atoms with Crippen LogP contribution in [-0.4, -0.2) is 70.2 Å². The molecule has 0 fully saturated rings. The van der Waals surface area contributed by atoms with Crippen molar-refractivity contribution in [2.45, 2.75) is 45.1 Å².